The third kappa shape index (κ3) is 5.26. The number of hydrogen-bond donors (Lipinski definition) is 3. The Bertz CT molecular complexity index is 1790. The maximum atomic E-state index is 12.3. The summed E-state index contributed by atoms with van der Waals surface area (Å²) in [6.45, 7) is 0.600. The molecule has 16 heteroatoms. The molecule has 1 saturated heterocycles. The number of nitrogens with zero attached hydrogens (tertiary/aromatic N) is 8. The van der Waals surface area contributed by atoms with Gasteiger partial charge in [-0.3, -0.25) is 9.36 Å². The fourth-order valence-corrected chi connectivity index (χ4v) is 5.81. The number of imidazole rings is 1. The predicted molar refractivity (Wildman–Crippen MR) is 155 cm³/mol. The van der Waals surface area contributed by atoms with Crippen molar-refractivity contribution in [1.82, 2.24) is 29.8 Å². The molecule has 42 heavy (non-hydrogen) atoms. The van der Waals surface area contributed by atoms with E-state index in [0.29, 0.717) is 40.9 Å². The second-order valence-corrected chi connectivity index (χ2v) is 10.8. The number of rotatable bonds is 9. The van der Waals surface area contributed by atoms with E-state index >= 15 is 0 Å². The van der Waals surface area contributed by atoms with Crippen LogP contribution in [-0.2, 0) is 22.7 Å². The van der Waals surface area contributed by atoms with Gasteiger partial charge in [-0.05, 0) is 35.9 Å². The van der Waals surface area contributed by atoms with Gasteiger partial charge in [0.1, 0.15) is 41.9 Å². The summed E-state index contributed by atoms with van der Waals surface area (Å²) in [5.41, 5.74) is 11.4. The van der Waals surface area contributed by atoms with Crippen molar-refractivity contribution in [2.45, 2.75) is 37.6 Å². The molecular weight excluding hydrogens is 584 g/mol. The fraction of sp³-hybridized carbons (Fsp3) is 0.269. The number of aromatic nitrogens is 5. The first-order valence-corrected chi connectivity index (χ1v) is 13.9. The van der Waals surface area contributed by atoms with Gasteiger partial charge in [0.05, 0.1) is 16.5 Å². The lowest BCUT2D eigenvalue weighted by atomic mass is 10.1. The summed E-state index contributed by atoms with van der Waals surface area (Å²) in [4.78, 5) is 32.8. The Hall–Kier alpha value is -4.53. The summed E-state index contributed by atoms with van der Waals surface area (Å²) in [6, 6.07) is 12.1. The molecular formula is C26H23ClN10O4S. The highest BCUT2D eigenvalue weighted by molar-refractivity contribution is 7.18. The van der Waals surface area contributed by atoms with Crippen molar-refractivity contribution in [2.75, 3.05) is 12.4 Å². The molecule has 3 aromatic heterocycles. The predicted octanol–water partition coefficient (Wildman–Crippen LogP) is 3.96. The fourth-order valence-electron chi connectivity index (χ4n) is 4.73. The number of azide groups is 1. The van der Waals surface area contributed by atoms with E-state index in [1.165, 1.54) is 24.3 Å². The first-order chi connectivity index (χ1) is 20.5. The number of ether oxygens (including phenoxy) is 2. The topological polar surface area (TPSA) is 185 Å². The number of benzene rings is 2. The molecule has 0 aliphatic carbocycles. The van der Waals surface area contributed by atoms with E-state index in [1.54, 1.807) is 29.5 Å². The summed E-state index contributed by atoms with van der Waals surface area (Å²) >= 11 is 7.88. The van der Waals surface area contributed by atoms with Crippen molar-refractivity contribution in [2.24, 2.45) is 5.11 Å². The normalized spacial score (nSPS) is 20.0. The molecule has 4 atom stereocenters. The number of halogens is 1. The number of anilines is 1. The second-order valence-electron chi connectivity index (χ2n) is 9.26. The number of para-hydroxylation sites is 1. The van der Waals surface area contributed by atoms with Gasteiger partial charge in [-0.1, -0.05) is 28.8 Å². The van der Waals surface area contributed by atoms with Crippen molar-refractivity contribution in [3.63, 3.8) is 0 Å². The van der Waals surface area contributed by atoms with E-state index in [0.717, 1.165) is 20.8 Å². The maximum Gasteiger partial charge on any atom is 0.249 e. The van der Waals surface area contributed by atoms with E-state index in [-0.39, 0.29) is 0 Å². The molecule has 2 aromatic carbocycles. The van der Waals surface area contributed by atoms with Gasteiger partial charge in [0.15, 0.2) is 23.2 Å². The molecule has 1 aliphatic heterocycles. The zero-order valence-electron chi connectivity index (χ0n) is 22.0. The number of fused-ring (bicyclic) bond motifs is 2. The zero-order valence-corrected chi connectivity index (χ0v) is 23.5. The van der Waals surface area contributed by atoms with Gasteiger partial charge in [0.25, 0.3) is 0 Å². The van der Waals surface area contributed by atoms with Crippen LogP contribution in [0.25, 0.3) is 31.8 Å². The van der Waals surface area contributed by atoms with Crippen molar-refractivity contribution in [3.8, 4) is 5.75 Å². The van der Waals surface area contributed by atoms with Crippen LogP contribution < -0.4 is 15.4 Å². The summed E-state index contributed by atoms with van der Waals surface area (Å²) in [6.07, 6.45) is -0.830. The maximum absolute atomic E-state index is 12.3. The Labute approximate surface area is 246 Å². The van der Waals surface area contributed by atoms with Crippen LogP contribution in [0.2, 0.25) is 5.02 Å². The van der Waals surface area contributed by atoms with E-state index in [4.69, 9.17) is 26.6 Å². The quantitative estimate of drug-likeness (QED) is 0.127. The Morgan fingerprint density at radius 3 is 2.95 bits per heavy atom. The number of hydrogen-bond acceptors (Lipinski definition) is 11. The first kappa shape index (κ1) is 27.6. The van der Waals surface area contributed by atoms with Crippen LogP contribution in [0.3, 0.4) is 0 Å². The minimum Gasteiger partial charge on any atom is -0.486 e. The van der Waals surface area contributed by atoms with Crippen molar-refractivity contribution in [3.05, 3.63) is 81.2 Å². The lowest BCUT2D eigenvalue weighted by molar-refractivity contribution is -0.134. The van der Waals surface area contributed by atoms with Gasteiger partial charge in [-0.15, -0.1) is 11.3 Å². The molecule has 0 radical (unpaired) electrons. The Kier molecular flexibility index (Phi) is 7.73. The van der Waals surface area contributed by atoms with Gasteiger partial charge in [-0.2, -0.15) is 0 Å². The van der Waals surface area contributed by atoms with E-state index in [1.807, 2.05) is 24.3 Å². The van der Waals surface area contributed by atoms with Crippen molar-refractivity contribution in [1.29, 1.82) is 0 Å². The Balaban J connectivity index is 1.21. The van der Waals surface area contributed by atoms with Gasteiger partial charge in [0, 0.05) is 29.1 Å². The molecule has 214 valence electrons. The van der Waals surface area contributed by atoms with E-state index in [2.05, 4.69) is 40.6 Å². The molecule has 0 spiro atoms. The number of likely N-dealkylation sites (N-methyl/N-ethyl adjacent to an activating group) is 1. The number of carbonyl (C=O) groups excluding carboxylic acids is 1. The van der Waals surface area contributed by atoms with E-state index < -0.39 is 30.4 Å². The summed E-state index contributed by atoms with van der Waals surface area (Å²) < 4.78 is 14.5. The summed E-state index contributed by atoms with van der Waals surface area (Å²) in [5, 5.41) is 21.6. The third-order valence-electron chi connectivity index (χ3n) is 6.72. The molecule has 0 bridgehead atoms. The van der Waals surface area contributed by atoms with Crippen LogP contribution in [0.15, 0.2) is 60.2 Å². The molecule has 3 N–H and O–H groups in total. The van der Waals surface area contributed by atoms with Gasteiger partial charge < -0.3 is 25.2 Å². The highest BCUT2D eigenvalue weighted by Gasteiger charge is 2.48. The number of aliphatic hydroxyl groups excluding tert-OH is 1. The van der Waals surface area contributed by atoms with Crippen LogP contribution in [0.5, 0.6) is 5.75 Å². The number of aliphatic hydroxyl groups is 1. The van der Waals surface area contributed by atoms with Crippen LogP contribution in [0.4, 0.5) is 5.82 Å². The van der Waals surface area contributed by atoms with Crippen molar-refractivity contribution >= 4 is 56.0 Å². The second kappa shape index (κ2) is 11.8. The molecule has 4 heterocycles. The number of amides is 1. The standard InChI is InChI=1S/C26H23ClN10O4S/c1-29-25(39)22-19(35-36-28)21(38)26(41-22)37-12-33-20-23(31-11-32-24(20)37)30-9-13-8-14(27)6-7-16(13)40-10-18-34-15-4-2-3-5-17(15)42-18/h2-8,11-12,19,21-22,26,38H,9-10H2,1H3,(H,29,39)(H,30,31,32)/t19-,21+,22-,26+/m0/s1. The highest BCUT2D eigenvalue weighted by atomic mass is 35.5. The molecule has 1 aliphatic rings. The number of carbonyl (C=O) groups is 1. The van der Waals surface area contributed by atoms with Crippen molar-refractivity contribution < 1.29 is 19.4 Å². The molecule has 0 saturated carbocycles. The Morgan fingerprint density at radius 1 is 1.29 bits per heavy atom. The lowest BCUT2D eigenvalue weighted by Gasteiger charge is -2.17. The average molecular weight is 607 g/mol. The van der Waals surface area contributed by atoms with Crippen LogP contribution >= 0.6 is 22.9 Å². The minimum atomic E-state index is -1.33. The summed E-state index contributed by atoms with van der Waals surface area (Å²) in [5.74, 6) is 0.518. The first-order valence-electron chi connectivity index (χ1n) is 12.7. The zero-order chi connectivity index (χ0) is 29.2. The molecule has 1 amide bonds. The van der Waals surface area contributed by atoms with Gasteiger partial charge in [-0.25, -0.2) is 19.9 Å². The lowest BCUT2D eigenvalue weighted by Crippen LogP contribution is -2.40. The Morgan fingerprint density at radius 2 is 2.14 bits per heavy atom. The van der Waals surface area contributed by atoms with Crippen LogP contribution in [0, 0.1) is 0 Å². The number of thiazole rings is 1. The highest BCUT2D eigenvalue weighted by Crippen LogP contribution is 2.34. The summed E-state index contributed by atoms with van der Waals surface area (Å²) in [7, 11) is 1.42. The molecule has 6 rings (SSSR count). The smallest absolute Gasteiger partial charge is 0.249 e. The van der Waals surface area contributed by atoms with E-state index in [9.17, 15) is 9.90 Å². The molecule has 14 nitrogen and oxygen atoms in total. The van der Waals surface area contributed by atoms with Crippen LogP contribution in [-0.4, -0.2) is 60.8 Å². The van der Waals surface area contributed by atoms with Crippen LogP contribution in [0.1, 0.15) is 16.8 Å². The van der Waals surface area contributed by atoms with Gasteiger partial charge in [0.2, 0.25) is 5.91 Å². The third-order valence-corrected chi connectivity index (χ3v) is 7.96. The number of nitrogens with one attached hydrogen (secondary N) is 2. The SMILES string of the molecule is CNC(=O)[C@H]1O[C@@H](n2cnc3c(NCc4cc(Cl)ccc4OCc4nc5ccccc5s4)ncnc32)[C@H](O)[C@@H]1N=[N+]=[N-]. The monoisotopic (exact) mass is 606 g/mol. The average Bonchev–Trinajstić information content (AvgIpc) is 3.71. The molecule has 0 unspecified atom stereocenters. The minimum absolute atomic E-state index is 0.299. The molecule has 1 fully saturated rings. The molecule has 5 aromatic rings. The van der Waals surface area contributed by atoms with Gasteiger partial charge >= 0.3 is 0 Å². The largest absolute Gasteiger partial charge is 0.486 e.